The second kappa shape index (κ2) is 9.91. The summed E-state index contributed by atoms with van der Waals surface area (Å²) in [7, 11) is 1.47. The zero-order valence-electron chi connectivity index (χ0n) is 18.7. The zero-order valence-corrected chi connectivity index (χ0v) is 18.7. The molecule has 1 aliphatic heterocycles. The third kappa shape index (κ3) is 5.07. The number of hydrogen-bond acceptors (Lipinski definition) is 5. The lowest BCUT2D eigenvalue weighted by atomic mass is 10.1. The number of para-hydroxylation sites is 1. The first-order valence-corrected chi connectivity index (χ1v) is 10.5. The topological polar surface area (TPSA) is 97.0 Å². The number of nitrogens with one attached hydrogen (secondary N) is 2. The number of rotatable bonds is 7. The average Bonchev–Trinajstić information content (AvgIpc) is 3.12. The van der Waals surface area contributed by atoms with Crippen LogP contribution in [0.3, 0.4) is 0 Å². The van der Waals surface area contributed by atoms with E-state index >= 15 is 0 Å². The molecular weight excluding hydrogens is 434 g/mol. The molecule has 172 valence electrons. The maximum absolute atomic E-state index is 12.8. The van der Waals surface area contributed by atoms with E-state index in [1.54, 1.807) is 48.5 Å². The number of methoxy groups -OCH3 is 1. The molecule has 1 fully saturated rings. The van der Waals surface area contributed by atoms with Gasteiger partial charge in [-0.2, -0.15) is 0 Å². The van der Waals surface area contributed by atoms with E-state index in [-0.39, 0.29) is 18.1 Å². The van der Waals surface area contributed by atoms with Gasteiger partial charge in [-0.1, -0.05) is 36.4 Å². The molecule has 3 aromatic carbocycles. The third-order valence-corrected chi connectivity index (χ3v) is 5.07. The van der Waals surface area contributed by atoms with Gasteiger partial charge in [-0.25, -0.2) is 5.01 Å². The SMILES string of the molecule is COc1cc(/C=C2\C(=O)NN(c3ccccc3)C2=O)ccc1OCC(=O)Nc1cccc(C)c1. The van der Waals surface area contributed by atoms with Crippen LogP contribution in [0.2, 0.25) is 0 Å². The summed E-state index contributed by atoms with van der Waals surface area (Å²) < 4.78 is 11.0. The second-order valence-corrected chi connectivity index (χ2v) is 7.59. The van der Waals surface area contributed by atoms with Crippen LogP contribution in [0.5, 0.6) is 11.5 Å². The number of hydrazine groups is 1. The predicted molar refractivity (Wildman–Crippen MR) is 128 cm³/mol. The minimum Gasteiger partial charge on any atom is -0.493 e. The Bertz CT molecular complexity index is 1270. The average molecular weight is 457 g/mol. The highest BCUT2D eigenvalue weighted by atomic mass is 16.5. The summed E-state index contributed by atoms with van der Waals surface area (Å²) in [4.78, 5) is 37.4. The van der Waals surface area contributed by atoms with Gasteiger partial charge in [-0.3, -0.25) is 19.8 Å². The summed E-state index contributed by atoms with van der Waals surface area (Å²) in [6, 6.07) is 21.2. The summed E-state index contributed by atoms with van der Waals surface area (Å²) in [5, 5.41) is 3.98. The van der Waals surface area contributed by atoms with Crippen LogP contribution in [0.15, 0.2) is 78.4 Å². The molecule has 0 bridgehead atoms. The number of anilines is 2. The molecule has 3 aromatic rings. The van der Waals surface area contributed by atoms with E-state index in [4.69, 9.17) is 9.47 Å². The highest BCUT2D eigenvalue weighted by Gasteiger charge is 2.34. The molecule has 2 N–H and O–H groups in total. The molecular formula is C26H23N3O5. The normalized spacial score (nSPS) is 14.2. The Kier molecular flexibility index (Phi) is 6.59. The molecule has 0 spiro atoms. The van der Waals surface area contributed by atoms with Crippen LogP contribution in [0.4, 0.5) is 11.4 Å². The molecule has 0 unspecified atom stereocenters. The molecule has 0 aliphatic carbocycles. The lowest BCUT2D eigenvalue weighted by molar-refractivity contribution is -0.118. The van der Waals surface area contributed by atoms with Crippen LogP contribution < -0.4 is 25.2 Å². The Morgan fingerprint density at radius 3 is 2.53 bits per heavy atom. The van der Waals surface area contributed by atoms with Gasteiger partial charge in [0.15, 0.2) is 18.1 Å². The van der Waals surface area contributed by atoms with Gasteiger partial charge in [0, 0.05) is 5.69 Å². The Morgan fingerprint density at radius 2 is 1.79 bits per heavy atom. The lowest BCUT2D eigenvalue weighted by Crippen LogP contribution is -2.35. The van der Waals surface area contributed by atoms with E-state index in [0.29, 0.717) is 28.4 Å². The quantitative estimate of drug-likeness (QED) is 0.418. The van der Waals surface area contributed by atoms with Crippen LogP contribution in [0, 0.1) is 6.92 Å². The van der Waals surface area contributed by atoms with Gasteiger partial charge < -0.3 is 14.8 Å². The summed E-state index contributed by atoms with van der Waals surface area (Å²) in [6.45, 7) is 1.73. The van der Waals surface area contributed by atoms with Crippen molar-refractivity contribution in [2.75, 3.05) is 24.0 Å². The first-order valence-electron chi connectivity index (χ1n) is 10.5. The smallest absolute Gasteiger partial charge is 0.282 e. The maximum atomic E-state index is 12.8. The first kappa shape index (κ1) is 22.6. The number of hydrogen-bond donors (Lipinski definition) is 2. The van der Waals surface area contributed by atoms with Crippen molar-refractivity contribution in [3.05, 3.63) is 89.5 Å². The third-order valence-electron chi connectivity index (χ3n) is 5.07. The highest BCUT2D eigenvalue weighted by molar-refractivity contribution is 6.31. The van der Waals surface area contributed by atoms with Crippen molar-refractivity contribution in [2.24, 2.45) is 0 Å². The van der Waals surface area contributed by atoms with E-state index in [0.717, 1.165) is 5.56 Å². The number of ether oxygens (including phenoxy) is 2. The van der Waals surface area contributed by atoms with Gasteiger partial charge in [0.25, 0.3) is 17.7 Å². The molecule has 1 heterocycles. The van der Waals surface area contributed by atoms with Gasteiger partial charge in [-0.15, -0.1) is 0 Å². The standard InChI is InChI=1S/C26H23N3O5/c1-17-7-6-8-19(13-17)27-24(30)16-34-22-12-11-18(15-23(22)33-2)14-21-25(31)28-29(26(21)32)20-9-4-3-5-10-20/h3-15H,16H2,1-2H3,(H,27,30)(H,28,31)/b21-14+. The number of nitrogens with zero attached hydrogens (tertiary/aromatic N) is 1. The maximum Gasteiger partial charge on any atom is 0.282 e. The lowest BCUT2D eigenvalue weighted by Gasteiger charge is -2.14. The molecule has 4 rings (SSSR count). The summed E-state index contributed by atoms with van der Waals surface area (Å²) in [6.07, 6.45) is 1.48. The van der Waals surface area contributed by atoms with Gasteiger partial charge in [-0.05, 0) is 60.5 Å². The van der Waals surface area contributed by atoms with Crippen molar-refractivity contribution in [1.82, 2.24) is 5.43 Å². The number of carbonyl (C=O) groups is 3. The molecule has 8 heteroatoms. The molecule has 34 heavy (non-hydrogen) atoms. The minimum atomic E-state index is -0.499. The molecule has 0 saturated carbocycles. The zero-order chi connectivity index (χ0) is 24.1. The highest BCUT2D eigenvalue weighted by Crippen LogP contribution is 2.30. The fourth-order valence-electron chi connectivity index (χ4n) is 3.44. The van der Waals surface area contributed by atoms with Crippen molar-refractivity contribution in [1.29, 1.82) is 0 Å². The van der Waals surface area contributed by atoms with Crippen molar-refractivity contribution in [2.45, 2.75) is 6.92 Å². The van der Waals surface area contributed by atoms with Crippen LogP contribution in [0.25, 0.3) is 6.08 Å². The molecule has 3 amide bonds. The number of aryl methyl sites for hydroxylation is 1. The molecule has 0 radical (unpaired) electrons. The van der Waals surface area contributed by atoms with E-state index in [9.17, 15) is 14.4 Å². The number of amides is 3. The predicted octanol–water partition coefficient (Wildman–Crippen LogP) is 3.48. The summed E-state index contributed by atoms with van der Waals surface area (Å²) >= 11 is 0. The van der Waals surface area contributed by atoms with Gasteiger partial charge >= 0.3 is 0 Å². The van der Waals surface area contributed by atoms with Crippen molar-refractivity contribution < 1.29 is 23.9 Å². The monoisotopic (exact) mass is 457 g/mol. The van der Waals surface area contributed by atoms with Crippen LogP contribution in [-0.2, 0) is 14.4 Å². The van der Waals surface area contributed by atoms with Crippen LogP contribution in [-0.4, -0.2) is 31.4 Å². The van der Waals surface area contributed by atoms with E-state index in [1.807, 2.05) is 31.2 Å². The molecule has 1 aliphatic rings. The Balaban J connectivity index is 1.45. The Labute approximate surface area is 196 Å². The summed E-state index contributed by atoms with van der Waals surface area (Å²) in [5.74, 6) is -0.544. The van der Waals surface area contributed by atoms with E-state index < -0.39 is 11.8 Å². The molecule has 8 nitrogen and oxygen atoms in total. The van der Waals surface area contributed by atoms with Crippen molar-refractivity contribution in [3.63, 3.8) is 0 Å². The number of carbonyl (C=O) groups excluding carboxylic acids is 3. The van der Waals surface area contributed by atoms with Crippen molar-refractivity contribution >= 4 is 35.2 Å². The van der Waals surface area contributed by atoms with Gasteiger partial charge in [0.1, 0.15) is 5.57 Å². The Hall–Kier alpha value is -4.59. The second-order valence-electron chi connectivity index (χ2n) is 7.59. The van der Waals surface area contributed by atoms with Gasteiger partial charge in [0.2, 0.25) is 0 Å². The van der Waals surface area contributed by atoms with Crippen LogP contribution in [0.1, 0.15) is 11.1 Å². The fourth-order valence-corrected chi connectivity index (χ4v) is 3.44. The number of benzene rings is 3. The summed E-state index contributed by atoms with van der Waals surface area (Å²) in [5.41, 5.74) is 5.42. The van der Waals surface area contributed by atoms with Crippen molar-refractivity contribution in [3.8, 4) is 11.5 Å². The molecule has 1 saturated heterocycles. The first-order chi connectivity index (χ1) is 16.4. The van der Waals surface area contributed by atoms with E-state index in [2.05, 4.69) is 10.7 Å². The molecule has 0 atom stereocenters. The Morgan fingerprint density at radius 1 is 1.00 bits per heavy atom. The van der Waals surface area contributed by atoms with Crippen LogP contribution >= 0.6 is 0 Å². The van der Waals surface area contributed by atoms with E-state index in [1.165, 1.54) is 18.2 Å². The largest absolute Gasteiger partial charge is 0.493 e. The minimum absolute atomic E-state index is 0.00268. The molecule has 0 aromatic heterocycles. The van der Waals surface area contributed by atoms with Gasteiger partial charge in [0.05, 0.1) is 12.8 Å². The fraction of sp³-hybridized carbons (Fsp3) is 0.115.